The smallest absolute Gasteiger partial charge is 0.383 e. The number of carbonyl (C=O) groups excluding carboxylic acids is 2. The molecule has 1 aromatic heterocycles. The molecule has 1 aliphatic carbocycles. The third-order valence-corrected chi connectivity index (χ3v) is 6.37. The number of hydrogen-bond acceptors (Lipinski definition) is 8. The third kappa shape index (κ3) is 7.20. The average Bonchev–Trinajstić information content (AvgIpc) is 2.57. The van der Waals surface area contributed by atoms with Crippen LogP contribution in [-0.4, -0.2) is 42.8 Å². The van der Waals surface area contributed by atoms with Gasteiger partial charge < -0.3 is 20.4 Å². The summed E-state index contributed by atoms with van der Waals surface area (Å²) < 4.78 is 15.5. The molecule has 1 heterocycles. The maximum absolute atomic E-state index is 12.4. The number of phosphoric ester groups is 1. The SMILES string of the molecule is CC(=C(CCOP(=O)(O)O)SC(=O)C1CCC1)N(C=O)Cc1cnc(C)nc1N. The predicted octanol–water partition coefficient (Wildman–Crippen LogP) is 2.12. The first-order valence-electron chi connectivity index (χ1n) is 9.02. The fraction of sp³-hybridized carbons (Fsp3) is 0.529. The summed E-state index contributed by atoms with van der Waals surface area (Å²) in [6.07, 6.45) is 4.86. The minimum atomic E-state index is -4.63. The minimum Gasteiger partial charge on any atom is -0.383 e. The molecular formula is C17H25N4O6PS. The fourth-order valence-corrected chi connectivity index (χ4v) is 4.05. The number of aryl methyl sites for hydroxylation is 1. The number of aromatic nitrogens is 2. The highest BCUT2D eigenvalue weighted by Gasteiger charge is 2.28. The van der Waals surface area contributed by atoms with Gasteiger partial charge in [0.15, 0.2) is 5.12 Å². The predicted molar refractivity (Wildman–Crippen MR) is 108 cm³/mol. The van der Waals surface area contributed by atoms with E-state index in [4.69, 9.17) is 15.5 Å². The van der Waals surface area contributed by atoms with Crippen LogP contribution in [0.1, 0.15) is 44.0 Å². The Hall–Kier alpha value is -1.78. The second-order valence-electron chi connectivity index (χ2n) is 6.69. The van der Waals surface area contributed by atoms with Gasteiger partial charge in [0, 0.05) is 34.7 Å². The molecule has 0 unspecified atom stereocenters. The zero-order valence-corrected chi connectivity index (χ0v) is 18.0. The van der Waals surface area contributed by atoms with Crippen LogP contribution in [0, 0.1) is 12.8 Å². The van der Waals surface area contributed by atoms with Gasteiger partial charge >= 0.3 is 7.82 Å². The van der Waals surface area contributed by atoms with Crippen LogP contribution in [0.5, 0.6) is 0 Å². The molecule has 1 aliphatic rings. The van der Waals surface area contributed by atoms with Crippen molar-refractivity contribution < 1.29 is 28.5 Å². The summed E-state index contributed by atoms with van der Waals surface area (Å²) in [5.74, 6) is 0.728. The van der Waals surface area contributed by atoms with Crippen LogP contribution in [0.2, 0.25) is 0 Å². The van der Waals surface area contributed by atoms with Crippen molar-refractivity contribution in [2.24, 2.45) is 5.92 Å². The summed E-state index contributed by atoms with van der Waals surface area (Å²) >= 11 is 0.993. The van der Waals surface area contributed by atoms with E-state index in [0.29, 0.717) is 28.4 Å². The molecule has 0 aromatic carbocycles. The summed E-state index contributed by atoms with van der Waals surface area (Å²) in [5.41, 5.74) is 6.92. The van der Waals surface area contributed by atoms with Gasteiger partial charge in [-0.3, -0.25) is 14.1 Å². The highest BCUT2D eigenvalue weighted by Crippen LogP contribution is 2.39. The largest absolute Gasteiger partial charge is 0.469 e. The summed E-state index contributed by atoms with van der Waals surface area (Å²) in [4.78, 5) is 52.0. The lowest BCUT2D eigenvalue weighted by Gasteiger charge is -2.26. The number of carbonyl (C=O) groups is 2. The Bertz CT molecular complexity index is 839. The van der Waals surface area contributed by atoms with Gasteiger partial charge in [0.2, 0.25) is 6.41 Å². The molecule has 1 aromatic rings. The molecule has 0 saturated heterocycles. The first-order chi connectivity index (χ1) is 13.6. The lowest BCUT2D eigenvalue weighted by atomic mass is 9.87. The second kappa shape index (κ2) is 10.3. The monoisotopic (exact) mass is 444 g/mol. The number of hydrogen-bond donors (Lipinski definition) is 3. The van der Waals surface area contributed by atoms with E-state index in [1.165, 1.54) is 11.1 Å². The molecule has 0 aliphatic heterocycles. The highest BCUT2D eigenvalue weighted by atomic mass is 32.2. The molecule has 12 heteroatoms. The lowest BCUT2D eigenvalue weighted by Crippen LogP contribution is -2.23. The molecule has 1 fully saturated rings. The minimum absolute atomic E-state index is 0.0224. The van der Waals surface area contributed by atoms with Crippen LogP contribution in [-0.2, 0) is 25.2 Å². The molecule has 0 bridgehead atoms. The van der Waals surface area contributed by atoms with Crippen molar-refractivity contribution >= 4 is 36.9 Å². The van der Waals surface area contributed by atoms with E-state index in [2.05, 4.69) is 14.5 Å². The molecule has 1 saturated carbocycles. The van der Waals surface area contributed by atoms with E-state index in [0.717, 1.165) is 31.0 Å². The van der Waals surface area contributed by atoms with Crippen molar-refractivity contribution in [3.8, 4) is 0 Å². The maximum atomic E-state index is 12.4. The number of phosphoric acid groups is 1. The van der Waals surface area contributed by atoms with Gasteiger partial charge in [-0.05, 0) is 26.7 Å². The molecule has 0 atom stereocenters. The van der Waals surface area contributed by atoms with Crippen molar-refractivity contribution in [3.05, 3.63) is 28.2 Å². The number of amides is 1. The standard InChI is InChI=1S/C17H25N4O6PS/c1-11(21(10-22)9-14-8-19-12(2)20-16(14)18)15(6-7-27-28(24,25)26)29-17(23)13-4-3-5-13/h8,10,13H,3-7,9H2,1-2H3,(H2,18,19,20)(H2,24,25,26). The van der Waals surface area contributed by atoms with Crippen LogP contribution >= 0.6 is 19.6 Å². The summed E-state index contributed by atoms with van der Waals surface area (Å²) in [6.45, 7) is 3.17. The van der Waals surface area contributed by atoms with Crippen molar-refractivity contribution in [2.75, 3.05) is 12.3 Å². The lowest BCUT2D eigenvalue weighted by molar-refractivity contribution is -0.117. The number of nitrogens with zero attached hydrogens (tertiary/aromatic N) is 3. The molecule has 10 nitrogen and oxygen atoms in total. The van der Waals surface area contributed by atoms with E-state index < -0.39 is 7.82 Å². The van der Waals surface area contributed by atoms with E-state index >= 15 is 0 Å². The van der Waals surface area contributed by atoms with Gasteiger partial charge in [0.25, 0.3) is 0 Å². The number of allylic oxidation sites excluding steroid dienone is 1. The van der Waals surface area contributed by atoms with Crippen molar-refractivity contribution in [3.63, 3.8) is 0 Å². The van der Waals surface area contributed by atoms with E-state index in [1.807, 2.05) is 0 Å². The van der Waals surface area contributed by atoms with Crippen LogP contribution in [0.4, 0.5) is 5.82 Å². The van der Waals surface area contributed by atoms with Crippen LogP contribution in [0.3, 0.4) is 0 Å². The fourth-order valence-electron chi connectivity index (χ4n) is 2.62. The number of nitrogen functional groups attached to an aromatic ring is 1. The Morgan fingerprint density at radius 2 is 2.17 bits per heavy atom. The summed E-state index contributed by atoms with van der Waals surface area (Å²) in [5, 5.41) is -0.0224. The molecule has 4 N–H and O–H groups in total. The van der Waals surface area contributed by atoms with Crippen molar-refractivity contribution in [2.45, 2.75) is 46.1 Å². The van der Waals surface area contributed by atoms with Gasteiger partial charge in [-0.15, -0.1) is 0 Å². The van der Waals surface area contributed by atoms with E-state index in [-0.39, 0.29) is 36.4 Å². The molecular weight excluding hydrogens is 419 g/mol. The van der Waals surface area contributed by atoms with Gasteiger partial charge in [0.05, 0.1) is 13.2 Å². The first-order valence-corrected chi connectivity index (χ1v) is 11.4. The van der Waals surface area contributed by atoms with Crippen LogP contribution < -0.4 is 5.73 Å². The van der Waals surface area contributed by atoms with Gasteiger partial charge in [-0.1, -0.05) is 18.2 Å². The zero-order valence-electron chi connectivity index (χ0n) is 16.3. The van der Waals surface area contributed by atoms with E-state index in [9.17, 15) is 14.2 Å². The molecule has 0 spiro atoms. The molecule has 2 rings (SSSR count). The Kier molecular flexibility index (Phi) is 8.35. The number of nitrogens with two attached hydrogens (primary N) is 1. The number of thioether (sulfide) groups is 1. The maximum Gasteiger partial charge on any atom is 0.469 e. The normalized spacial score (nSPS) is 15.4. The molecule has 1 amide bonds. The Morgan fingerprint density at radius 3 is 2.69 bits per heavy atom. The first kappa shape index (κ1) is 23.5. The topological polar surface area (TPSA) is 156 Å². The molecule has 29 heavy (non-hydrogen) atoms. The Balaban J connectivity index is 2.22. The van der Waals surface area contributed by atoms with Crippen molar-refractivity contribution in [1.82, 2.24) is 14.9 Å². The Morgan fingerprint density at radius 1 is 1.48 bits per heavy atom. The van der Waals surface area contributed by atoms with Gasteiger partial charge in [0.1, 0.15) is 11.6 Å². The van der Waals surface area contributed by atoms with E-state index in [1.54, 1.807) is 13.8 Å². The summed E-state index contributed by atoms with van der Waals surface area (Å²) in [6, 6.07) is 0. The summed E-state index contributed by atoms with van der Waals surface area (Å²) in [7, 11) is -4.63. The zero-order chi connectivity index (χ0) is 21.6. The van der Waals surface area contributed by atoms with Crippen molar-refractivity contribution in [1.29, 1.82) is 0 Å². The van der Waals surface area contributed by atoms with Gasteiger partial charge in [-0.2, -0.15) is 0 Å². The highest BCUT2D eigenvalue weighted by molar-refractivity contribution is 8.17. The Labute approximate surface area is 173 Å². The number of rotatable bonds is 10. The van der Waals surface area contributed by atoms with Crippen LogP contribution in [0.25, 0.3) is 0 Å². The third-order valence-electron chi connectivity index (χ3n) is 4.57. The molecule has 160 valence electrons. The van der Waals surface area contributed by atoms with Gasteiger partial charge in [-0.25, -0.2) is 14.5 Å². The van der Waals surface area contributed by atoms with Crippen LogP contribution in [0.15, 0.2) is 16.8 Å². The molecule has 0 radical (unpaired) electrons. The second-order valence-corrected chi connectivity index (χ2v) is 9.03. The quantitative estimate of drug-likeness (QED) is 0.361. The number of anilines is 1. The average molecular weight is 444 g/mol.